The summed E-state index contributed by atoms with van der Waals surface area (Å²) in [4.78, 5) is 23.3. The zero-order valence-electron chi connectivity index (χ0n) is 17.3. The fourth-order valence-electron chi connectivity index (χ4n) is 3.11. The molecular formula is C23H19ClFN5O2. The maximum atomic E-state index is 13.4. The SMILES string of the molecule is CN(C)c1nccc(-c2c(-c3ccc(F)cc3)noc2NC(=O)Cc2ccccc2Cl)n1. The van der Waals surface area contributed by atoms with E-state index in [2.05, 4.69) is 20.4 Å². The summed E-state index contributed by atoms with van der Waals surface area (Å²) in [6, 6.07) is 14.6. The predicted octanol–water partition coefficient (Wildman–Crippen LogP) is 4.84. The number of hydrogen-bond acceptors (Lipinski definition) is 6. The van der Waals surface area contributed by atoms with Gasteiger partial charge in [-0.3, -0.25) is 10.1 Å². The van der Waals surface area contributed by atoms with Gasteiger partial charge in [0.25, 0.3) is 0 Å². The van der Waals surface area contributed by atoms with Crippen molar-refractivity contribution >= 4 is 29.3 Å². The summed E-state index contributed by atoms with van der Waals surface area (Å²) in [6.07, 6.45) is 1.66. The molecule has 0 atom stereocenters. The van der Waals surface area contributed by atoms with Crippen molar-refractivity contribution in [2.75, 3.05) is 24.3 Å². The molecule has 2 aromatic heterocycles. The van der Waals surface area contributed by atoms with Crippen LogP contribution in [0.1, 0.15) is 5.56 Å². The van der Waals surface area contributed by atoms with E-state index in [0.717, 1.165) is 0 Å². The van der Waals surface area contributed by atoms with Gasteiger partial charge in [0.2, 0.25) is 17.7 Å². The largest absolute Gasteiger partial charge is 0.347 e. The van der Waals surface area contributed by atoms with Crippen LogP contribution in [0.5, 0.6) is 0 Å². The van der Waals surface area contributed by atoms with Crippen molar-refractivity contribution in [3.05, 3.63) is 77.2 Å². The normalized spacial score (nSPS) is 10.8. The van der Waals surface area contributed by atoms with Gasteiger partial charge >= 0.3 is 0 Å². The van der Waals surface area contributed by atoms with Crippen molar-refractivity contribution in [3.63, 3.8) is 0 Å². The Morgan fingerprint density at radius 3 is 2.59 bits per heavy atom. The van der Waals surface area contributed by atoms with Crippen LogP contribution < -0.4 is 10.2 Å². The number of hydrogen-bond donors (Lipinski definition) is 1. The molecule has 0 saturated carbocycles. The number of carbonyl (C=O) groups excluding carboxylic acids is 1. The van der Waals surface area contributed by atoms with Crippen LogP contribution in [0.25, 0.3) is 22.5 Å². The van der Waals surface area contributed by atoms with Gasteiger partial charge in [-0.15, -0.1) is 0 Å². The minimum atomic E-state index is -0.371. The molecular weight excluding hydrogens is 433 g/mol. The average Bonchev–Trinajstić information content (AvgIpc) is 3.19. The lowest BCUT2D eigenvalue weighted by molar-refractivity contribution is -0.115. The molecule has 0 fully saturated rings. The van der Waals surface area contributed by atoms with Gasteiger partial charge in [-0.25, -0.2) is 14.4 Å². The highest BCUT2D eigenvalue weighted by Crippen LogP contribution is 2.37. The predicted molar refractivity (Wildman–Crippen MR) is 121 cm³/mol. The van der Waals surface area contributed by atoms with Gasteiger partial charge in [-0.05, 0) is 42.0 Å². The van der Waals surface area contributed by atoms with Gasteiger partial charge in [-0.2, -0.15) is 0 Å². The zero-order valence-corrected chi connectivity index (χ0v) is 18.1. The highest BCUT2D eigenvalue weighted by atomic mass is 35.5. The molecule has 0 aliphatic rings. The van der Waals surface area contributed by atoms with E-state index >= 15 is 0 Å². The molecule has 162 valence electrons. The topological polar surface area (TPSA) is 84.2 Å². The lowest BCUT2D eigenvalue weighted by atomic mass is 10.0. The summed E-state index contributed by atoms with van der Waals surface area (Å²) < 4.78 is 18.9. The highest BCUT2D eigenvalue weighted by Gasteiger charge is 2.23. The first-order chi connectivity index (χ1) is 15.4. The summed E-state index contributed by atoms with van der Waals surface area (Å²) in [5, 5.41) is 7.39. The van der Waals surface area contributed by atoms with Crippen molar-refractivity contribution in [1.82, 2.24) is 15.1 Å². The number of carbonyl (C=O) groups is 1. The number of anilines is 2. The Morgan fingerprint density at radius 2 is 1.88 bits per heavy atom. The first-order valence-electron chi connectivity index (χ1n) is 9.72. The van der Waals surface area contributed by atoms with E-state index < -0.39 is 0 Å². The van der Waals surface area contributed by atoms with E-state index in [0.29, 0.717) is 39.0 Å². The minimum Gasteiger partial charge on any atom is -0.347 e. The van der Waals surface area contributed by atoms with Crippen LogP contribution in [-0.4, -0.2) is 35.1 Å². The van der Waals surface area contributed by atoms with Gasteiger partial charge in [0.15, 0.2) is 0 Å². The van der Waals surface area contributed by atoms with Crippen molar-refractivity contribution in [1.29, 1.82) is 0 Å². The number of aromatic nitrogens is 3. The Kier molecular flexibility index (Phi) is 6.13. The monoisotopic (exact) mass is 451 g/mol. The van der Waals surface area contributed by atoms with Gasteiger partial charge in [-0.1, -0.05) is 35.0 Å². The summed E-state index contributed by atoms with van der Waals surface area (Å²) in [6.45, 7) is 0. The van der Waals surface area contributed by atoms with Crippen LogP contribution in [0.2, 0.25) is 5.02 Å². The Bertz CT molecular complexity index is 1260. The molecule has 0 radical (unpaired) electrons. The molecule has 0 aliphatic heterocycles. The molecule has 2 heterocycles. The van der Waals surface area contributed by atoms with Crippen molar-refractivity contribution in [2.24, 2.45) is 0 Å². The van der Waals surface area contributed by atoms with Crippen molar-refractivity contribution in [3.8, 4) is 22.5 Å². The number of benzene rings is 2. The van der Waals surface area contributed by atoms with Crippen LogP contribution in [0.3, 0.4) is 0 Å². The molecule has 0 bridgehead atoms. The molecule has 32 heavy (non-hydrogen) atoms. The summed E-state index contributed by atoms with van der Waals surface area (Å²) in [7, 11) is 3.64. The molecule has 0 saturated heterocycles. The van der Waals surface area contributed by atoms with Crippen LogP contribution in [-0.2, 0) is 11.2 Å². The summed E-state index contributed by atoms with van der Waals surface area (Å²) in [5.74, 6) is -0.0982. The zero-order chi connectivity index (χ0) is 22.7. The quantitative estimate of drug-likeness (QED) is 0.451. The van der Waals surface area contributed by atoms with Crippen LogP contribution >= 0.6 is 11.6 Å². The van der Waals surface area contributed by atoms with Gasteiger partial charge in [0.05, 0.1) is 17.7 Å². The molecule has 1 amide bonds. The molecule has 7 nitrogen and oxygen atoms in total. The van der Waals surface area contributed by atoms with E-state index in [1.807, 2.05) is 20.2 Å². The lowest BCUT2D eigenvalue weighted by Crippen LogP contribution is -2.15. The molecule has 0 spiro atoms. The first-order valence-corrected chi connectivity index (χ1v) is 10.1. The van der Waals surface area contributed by atoms with E-state index in [1.165, 1.54) is 12.1 Å². The Morgan fingerprint density at radius 1 is 1.12 bits per heavy atom. The maximum Gasteiger partial charge on any atom is 0.241 e. The van der Waals surface area contributed by atoms with Gasteiger partial charge in [0, 0.05) is 30.9 Å². The number of nitrogens with zero attached hydrogens (tertiary/aromatic N) is 4. The molecule has 4 aromatic rings. The van der Waals surface area contributed by atoms with E-state index in [4.69, 9.17) is 16.1 Å². The Hall–Kier alpha value is -3.78. The second kappa shape index (κ2) is 9.15. The molecule has 0 unspecified atom stereocenters. The maximum absolute atomic E-state index is 13.4. The van der Waals surface area contributed by atoms with E-state index in [9.17, 15) is 9.18 Å². The van der Waals surface area contributed by atoms with E-state index in [1.54, 1.807) is 47.5 Å². The molecule has 1 N–H and O–H groups in total. The van der Waals surface area contributed by atoms with Crippen LogP contribution in [0.15, 0.2) is 65.3 Å². The number of amides is 1. The minimum absolute atomic E-state index is 0.0540. The molecule has 0 aliphatic carbocycles. The van der Waals surface area contributed by atoms with E-state index in [-0.39, 0.29) is 24.0 Å². The smallest absolute Gasteiger partial charge is 0.241 e. The lowest BCUT2D eigenvalue weighted by Gasteiger charge is -2.11. The Balaban J connectivity index is 1.74. The second-order valence-electron chi connectivity index (χ2n) is 7.19. The third-order valence-corrected chi connectivity index (χ3v) is 5.04. The third-order valence-electron chi connectivity index (χ3n) is 4.67. The summed E-state index contributed by atoms with van der Waals surface area (Å²) >= 11 is 6.17. The Labute approximate surface area is 188 Å². The van der Waals surface area contributed by atoms with Crippen molar-refractivity contribution in [2.45, 2.75) is 6.42 Å². The average molecular weight is 452 g/mol. The van der Waals surface area contributed by atoms with Crippen LogP contribution in [0.4, 0.5) is 16.2 Å². The number of halogens is 2. The third kappa shape index (κ3) is 4.60. The number of rotatable bonds is 6. The number of nitrogens with one attached hydrogen (secondary N) is 1. The first kappa shape index (κ1) is 21.5. The van der Waals surface area contributed by atoms with Gasteiger partial charge < -0.3 is 9.42 Å². The standard InChI is InChI=1S/C23H19ClFN5O2/c1-30(2)23-26-12-11-18(27-23)20-21(14-7-9-16(25)10-8-14)29-32-22(20)28-19(31)13-15-5-3-4-6-17(15)24/h3-12H,13H2,1-2H3,(H,28,31). The van der Waals surface area contributed by atoms with Crippen LogP contribution in [0, 0.1) is 5.82 Å². The van der Waals surface area contributed by atoms with Gasteiger partial charge in [0.1, 0.15) is 11.5 Å². The highest BCUT2D eigenvalue weighted by molar-refractivity contribution is 6.31. The second-order valence-corrected chi connectivity index (χ2v) is 7.60. The summed E-state index contributed by atoms with van der Waals surface area (Å²) in [5.41, 5.74) is 2.68. The fraction of sp³-hybridized carbons (Fsp3) is 0.130. The molecule has 9 heteroatoms. The molecule has 4 rings (SSSR count). The van der Waals surface area contributed by atoms with Crippen molar-refractivity contribution < 1.29 is 13.7 Å². The fourth-order valence-corrected chi connectivity index (χ4v) is 3.31. The molecule has 2 aromatic carbocycles.